The molecular weight excluding hydrogens is 336 g/mol. The van der Waals surface area contributed by atoms with Gasteiger partial charge < -0.3 is 19.9 Å². The van der Waals surface area contributed by atoms with Gasteiger partial charge in [0.1, 0.15) is 5.60 Å². The number of carbonyl (C=O) groups is 2. The lowest BCUT2D eigenvalue weighted by Crippen LogP contribution is -2.37. The van der Waals surface area contributed by atoms with Crippen molar-refractivity contribution in [3.05, 3.63) is 34.0 Å². The average molecular weight is 356 g/mol. The lowest BCUT2D eigenvalue weighted by Gasteiger charge is -2.36. The molecule has 2 aromatic rings. The van der Waals surface area contributed by atoms with Crippen LogP contribution in [-0.4, -0.2) is 33.7 Å². The number of ether oxygens (including phenoxy) is 1. The molecule has 0 amide bonds. The number of aryl methyl sites for hydroxylation is 1. The summed E-state index contributed by atoms with van der Waals surface area (Å²) in [6.07, 6.45) is 1.60. The summed E-state index contributed by atoms with van der Waals surface area (Å²) in [6.45, 7) is 4.00. The second-order valence-corrected chi connectivity index (χ2v) is 6.66. The average Bonchev–Trinajstić information content (AvgIpc) is 2.97. The Hall–Kier alpha value is -2.85. The van der Waals surface area contributed by atoms with Crippen molar-refractivity contribution in [2.75, 3.05) is 6.61 Å². The minimum Gasteiger partial charge on any atom is -0.481 e. The molecule has 1 aliphatic rings. The molecule has 0 saturated heterocycles. The highest BCUT2D eigenvalue weighted by Crippen LogP contribution is 2.44. The van der Waals surface area contributed by atoms with Gasteiger partial charge in [0.2, 0.25) is 0 Å². The molecular formula is C19H20N2O5. The van der Waals surface area contributed by atoms with Crippen molar-refractivity contribution < 1.29 is 24.5 Å². The molecule has 0 aliphatic carbocycles. The van der Waals surface area contributed by atoms with E-state index >= 15 is 0 Å². The second-order valence-electron chi connectivity index (χ2n) is 6.66. The first-order chi connectivity index (χ1) is 12.3. The predicted molar refractivity (Wildman–Crippen MR) is 93.2 cm³/mol. The number of rotatable bonds is 5. The number of aromatic carboxylic acids is 1. The predicted octanol–water partition coefficient (Wildman–Crippen LogP) is 3.09. The van der Waals surface area contributed by atoms with Gasteiger partial charge in [-0.25, -0.2) is 4.79 Å². The fraction of sp³-hybridized carbons (Fsp3) is 0.421. The summed E-state index contributed by atoms with van der Waals surface area (Å²) < 4.78 is 5.95. The van der Waals surface area contributed by atoms with Gasteiger partial charge in [-0.15, -0.1) is 0 Å². The summed E-state index contributed by atoms with van der Waals surface area (Å²) in [5.41, 5.74) is 1.97. The number of nitrogens with one attached hydrogen (secondary N) is 1. The van der Waals surface area contributed by atoms with E-state index in [2.05, 4.69) is 11.1 Å². The third-order valence-electron chi connectivity index (χ3n) is 5.07. The zero-order chi connectivity index (χ0) is 19.1. The molecule has 2 heterocycles. The molecule has 0 saturated carbocycles. The first kappa shape index (κ1) is 18.0. The van der Waals surface area contributed by atoms with E-state index in [0.717, 1.165) is 12.0 Å². The summed E-state index contributed by atoms with van der Waals surface area (Å²) in [7, 11) is 0. The van der Waals surface area contributed by atoms with E-state index < -0.39 is 17.5 Å². The molecule has 7 nitrogen and oxygen atoms in total. The lowest BCUT2D eigenvalue weighted by molar-refractivity contribution is -0.149. The quantitative estimate of drug-likeness (QED) is 0.756. The fourth-order valence-electron chi connectivity index (χ4n) is 4.02. The van der Waals surface area contributed by atoms with Crippen molar-refractivity contribution in [2.24, 2.45) is 0 Å². The number of benzene rings is 1. The van der Waals surface area contributed by atoms with Crippen LogP contribution in [-0.2, 0) is 21.6 Å². The molecule has 136 valence electrons. The largest absolute Gasteiger partial charge is 0.481 e. The van der Waals surface area contributed by atoms with Crippen molar-refractivity contribution in [2.45, 2.75) is 45.1 Å². The van der Waals surface area contributed by atoms with E-state index in [1.165, 1.54) is 6.07 Å². The summed E-state index contributed by atoms with van der Waals surface area (Å²) >= 11 is 0. The molecule has 0 fully saturated rings. The van der Waals surface area contributed by atoms with Gasteiger partial charge in [0.25, 0.3) is 0 Å². The Bertz CT molecular complexity index is 953. The van der Waals surface area contributed by atoms with Crippen LogP contribution in [0.4, 0.5) is 0 Å². The number of nitriles is 1. The Morgan fingerprint density at radius 2 is 2.15 bits per heavy atom. The summed E-state index contributed by atoms with van der Waals surface area (Å²) in [4.78, 5) is 26.2. The SMILES string of the molecule is CCCC1(CC(=O)O)OCCc2c1[nH]c1c(C)c(C(=O)O)cc(C#N)c21. The number of aromatic amines is 1. The van der Waals surface area contributed by atoms with Crippen molar-refractivity contribution in [1.29, 1.82) is 5.26 Å². The van der Waals surface area contributed by atoms with Crippen LogP contribution in [0, 0.1) is 18.3 Å². The normalized spacial score (nSPS) is 19.1. The lowest BCUT2D eigenvalue weighted by atomic mass is 9.84. The van der Waals surface area contributed by atoms with Gasteiger partial charge in [-0.1, -0.05) is 13.3 Å². The standard InChI is InChI=1S/C19H20N2O5/c1-3-5-19(8-14(22)23)17-12(4-6-26-19)15-11(9-20)7-13(18(24)25)10(2)16(15)21-17/h7,21H,3-6,8H2,1-2H3,(H,22,23)(H,24,25). The summed E-state index contributed by atoms with van der Waals surface area (Å²) in [5, 5.41) is 29.1. The molecule has 0 bridgehead atoms. The van der Waals surface area contributed by atoms with Gasteiger partial charge in [0, 0.05) is 5.39 Å². The van der Waals surface area contributed by atoms with Crippen LogP contribution in [0.3, 0.4) is 0 Å². The van der Waals surface area contributed by atoms with Crippen LogP contribution in [0.25, 0.3) is 10.9 Å². The van der Waals surface area contributed by atoms with Gasteiger partial charge in [-0.05, 0) is 37.0 Å². The Morgan fingerprint density at radius 3 is 2.73 bits per heavy atom. The number of carboxylic acid groups (broad SMARTS) is 2. The van der Waals surface area contributed by atoms with Crippen LogP contribution in [0.5, 0.6) is 0 Å². The van der Waals surface area contributed by atoms with Crippen LogP contribution in [0.15, 0.2) is 6.07 Å². The summed E-state index contributed by atoms with van der Waals surface area (Å²) in [6, 6.07) is 3.48. The molecule has 3 N–H and O–H groups in total. The third kappa shape index (κ3) is 2.63. The van der Waals surface area contributed by atoms with Gasteiger partial charge in [-0.3, -0.25) is 4.79 Å². The highest BCUT2D eigenvalue weighted by molar-refractivity contribution is 6.01. The molecule has 26 heavy (non-hydrogen) atoms. The highest BCUT2D eigenvalue weighted by atomic mass is 16.5. The second kappa shape index (κ2) is 6.46. The Balaban J connectivity index is 2.37. The molecule has 1 atom stereocenters. The van der Waals surface area contributed by atoms with E-state index in [0.29, 0.717) is 41.6 Å². The van der Waals surface area contributed by atoms with E-state index in [4.69, 9.17) is 4.74 Å². The summed E-state index contributed by atoms with van der Waals surface area (Å²) in [5.74, 6) is -2.07. The Morgan fingerprint density at radius 1 is 1.42 bits per heavy atom. The van der Waals surface area contributed by atoms with E-state index in [9.17, 15) is 25.1 Å². The third-order valence-corrected chi connectivity index (χ3v) is 5.07. The van der Waals surface area contributed by atoms with Crippen LogP contribution in [0.1, 0.15) is 58.9 Å². The van der Waals surface area contributed by atoms with Crippen molar-refractivity contribution >= 4 is 22.8 Å². The van der Waals surface area contributed by atoms with E-state index in [1.807, 2.05) is 6.92 Å². The molecule has 0 spiro atoms. The van der Waals surface area contributed by atoms with E-state index in [1.54, 1.807) is 6.92 Å². The van der Waals surface area contributed by atoms with Crippen LogP contribution >= 0.6 is 0 Å². The molecule has 3 rings (SSSR count). The van der Waals surface area contributed by atoms with Gasteiger partial charge in [0.05, 0.1) is 41.4 Å². The number of H-pyrrole nitrogens is 1. The monoisotopic (exact) mass is 356 g/mol. The Labute approximate surface area is 150 Å². The van der Waals surface area contributed by atoms with E-state index in [-0.39, 0.29) is 17.5 Å². The molecule has 1 aromatic carbocycles. The fourth-order valence-corrected chi connectivity index (χ4v) is 4.02. The topological polar surface area (TPSA) is 123 Å². The number of aliphatic carboxylic acids is 1. The number of fused-ring (bicyclic) bond motifs is 3. The minimum atomic E-state index is -1.10. The zero-order valence-electron chi connectivity index (χ0n) is 14.7. The number of carboxylic acids is 2. The van der Waals surface area contributed by atoms with Crippen molar-refractivity contribution in [3.63, 3.8) is 0 Å². The first-order valence-corrected chi connectivity index (χ1v) is 8.52. The maximum absolute atomic E-state index is 11.5. The minimum absolute atomic E-state index is 0.0629. The van der Waals surface area contributed by atoms with Crippen molar-refractivity contribution in [3.8, 4) is 6.07 Å². The number of aromatic nitrogens is 1. The van der Waals surface area contributed by atoms with Crippen molar-refractivity contribution in [1.82, 2.24) is 4.98 Å². The van der Waals surface area contributed by atoms with Gasteiger partial charge in [-0.2, -0.15) is 5.26 Å². The number of hydrogen-bond acceptors (Lipinski definition) is 4. The molecule has 1 aromatic heterocycles. The van der Waals surface area contributed by atoms with Gasteiger partial charge in [0.15, 0.2) is 0 Å². The number of nitrogens with zero attached hydrogens (tertiary/aromatic N) is 1. The molecule has 1 unspecified atom stereocenters. The molecule has 1 aliphatic heterocycles. The Kier molecular flexibility index (Phi) is 4.46. The molecule has 0 radical (unpaired) electrons. The molecule has 7 heteroatoms. The first-order valence-electron chi connectivity index (χ1n) is 8.52. The smallest absolute Gasteiger partial charge is 0.336 e. The highest BCUT2D eigenvalue weighted by Gasteiger charge is 2.42. The zero-order valence-corrected chi connectivity index (χ0v) is 14.7. The van der Waals surface area contributed by atoms with Crippen LogP contribution < -0.4 is 0 Å². The maximum atomic E-state index is 11.5. The van der Waals surface area contributed by atoms with Crippen LogP contribution in [0.2, 0.25) is 0 Å². The number of hydrogen-bond donors (Lipinski definition) is 3. The maximum Gasteiger partial charge on any atom is 0.336 e. The van der Waals surface area contributed by atoms with Gasteiger partial charge >= 0.3 is 11.9 Å².